The van der Waals surface area contributed by atoms with E-state index in [1.807, 2.05) is 59.5 Å². The quantitative estimate of drug-likeness (QED) is 0.698. The summed E-state index contributed by atoms with van der Waals surface area (Å²) in [7, 11) is 0. The molecule has 2 atom stereocenters. The highest BCUT2D eigenvalue weighted by Gasteiger charge is 2.39. The summed E-state index contributed by atoms with van der Waals surface area (Å²) >= 11 is 0. The second-order valence-corrected chi connectivity index (χ2v) is 7.48. The van der Waals surface area contributed by atoms with E-state index in [0.29, 0.717) is 6.54 Å². The lowest BCUT2D eigenvalue weighted by Crippen LogP contribution is -2.43. The molecule has 0 spiro atoms. The molecule has 29 heavy (non-hydrogen) atoms. The molecule has 2 aromatic rings. The Kier molecular flexibility index (Phi) is 4.57. The Morgan fingerprint density at radius 3 is 2.55 bits per heavy atom. The minimum Gasteiger partial charge on any atom is -0.326 e. The van der Waals surface area contributed by atoms with Gasteiger partial charge >= 0.3 is 0 Å². The molecule has 2 heterocycles. The van der Waals surface area contributed by atoms with E-state index in [4.69, 9.17) is 4.99 Å². The Bertz CT molecular complexity index is 1070. The van der Waals surface area contributed by atoms with Crippen LogP contribution < -0.4 is 0 Å². The Labute approximate surface area is 171 Å². The van der Waals surface area contributed by atoms with Crippen molar-refractivity contribution in [2.75, 3.05) is 6.54 Å². The topological polar surface area (TPSA) is 32.7 Å². The molecule has 0 N–H and O–H groups in total. The highest BCUT2D eigenvalue weighted by molar-refractivity contribution is 6.11. The minimum atomic E-state index is -0.146. The van der Waals surface area contributed by atoms with Crippen molar-refractivity contribution < 1.29 is 4.79 Å². The summed E-state index contributed by atoms with van der Waals surface area (Å²) in [5.41, 5.74) is 5.77. The monoisotopic (exact) mass is 378 g/mol. The zero-order valence-corrected chi connectivity index (χ0v) is 16.1. The van der Waals surface area contributed by atoms with Crippen LogP contribution in [-0.4, -0.2) is 29.1 Å². The summed E-state index contributed by atoms with van der Waals surface area (Å²) in [4.78, 5) is 20.2. The van der Waals surface area contributed by atoms with Gasteiger partial charge in [-0.25, -0.2) is 0 Å². The van der Waals surface area contributed by atoms with Crippen LogP contribution in [0.3, 0.4) is 0 Å². The number of fused-ring (bicyclic) bond motifs is 2. The third kappa shape index (κ3) is 3.29. The largest absolute Gasteiger partial charge is 0.326 e. The average molecular weight is 378 g/mol. The van der Waals surface area contributed by atoms with Gasteiger partial charge in [-0.2, -0.15) is 0 Å². The van der Waals surface area contributed by atoms with Gasteiger partial charge in [-0.1, -0.05) is 85.0 Å². The summed E-state index contributed by atoms with van der Waals surface area (Å²) < 4.78 is 0. The van der Waals surface area contributed by atoms with Crippen molar-refractivity contribution in [1.29, 1.82) is 0 Å². The van der Waals surface area contributed by atoms with Gasteiger partial charge in [-0.05, 0) is 34.8 Å². The van der Waals surface area contributed by atoms with Gasteiger partial charge in [0.25, 0.3) is 0 Å². The first-order chi connectivity index (χ1) is 14.3. The van der Waals surface area contributed by atoms with E-state index in [9.17, 15) is 4.79 Å². The van der Waals surface area contributed by atoms with Gasteiger partial charge < -0.3 is 4.90 Å². The number of carbonyl (C=O) groups is 1. The second-order valence-electron chi connectivity index (χ2n) is 7.48. The second kappa shape index (κ2) is 7.51. The van der Waals surface area contributed by atoms with Crippen molar-refractivity contribution in [2.24, 2.45) is 4.99 Å². The number of piperidine rings is 1. The number of likely N-dealkylation sites (tertiary alicyclic amines) is 1. The number of rotatable bonds is 3. The van der Waals surface area contributed by atoms with Crippen LogP contribution >= 0.6 is 0 Å². The van der Waals surface area contributed by atoms with E-state index in [0.717, 1.165) is 23.3 Å². The molecule has 3 nitrogen and oxygen atoms in total. The van der Waals surface area contributed by atoms with Gasteiger partial charge in [0.2, 0.25) is 5.91 Å². The number of aliphatic imine (C=N–C) groups is 1. The summed E-state index contributed by atoms with van der Waals surface area (Å²) in [5.74, 6) is 0.0235. The summed E-state index contributed by atoms with van der Waals surface area (Å²) in [5, 5.41) is 0. The number of hydrogen-bond acceptors (Lipinski definition) is 2. The van der Waals surface area contributed by atoms with E-state index in [-0.39, 0.29) is 18.0 Å². The molecule has 1 fully saturated rings. The van der Waals surface area contributed by atoms with Gasteiger partial charge in [-0.3, -0.25) is 9.79 Å². The van der Waals surface area contributed by atoms with Gasteiger partial charge in [0.15, 0.2) is 0 Å². The molecule has 1 aliphatic carbocycles. The van der Waals surface area contributed by atoms with E-state index in [1.54, 1.807) is 6.08 Å². The third-order valence-electron chi connectivity index (χ3n) is 5.72. The predicted molar refractivity (Wildman–Crippen MR) is 118 cm³/mol. The van der Waals surface area contributed by atoms with Crippen LogP contribution in [0.1, 0.15) is 23.6 Å². The summed E-state index contributed by atoms with van der Waals surface area (Å²) in [6, 6.07) is 20.1. The lowest BCUT2D eigenvalue weighted by atomic mass is 9.86. The molecular weight excluding hydrogens is 356 g/mol. The minimum absolute atomic E-state index is 0.0235. The van der Waals surface area contributed by atoms with Crippen molar-refractivity contribution in [2.45, 2.75) is 18.5 Å². The molecule has 2 aliphatic heterocycles. The molecule has 2 aromatic carbocycles. The van der Waals surface area contributed by atoms with E-state index < -0.39 is 0 Å². The highest BCUT2D eigenvalue weighted by Crippen LogP contribution is 2.40. The lowest BCUT2D eigenvalue weighted by Gasteiger charge is -2.37. The normalized spacial score (nSPS) is 22.6. The summed E-state index contributed by atoms with van der Waals surface area (Å²) in [6.07, 6.45) is 12.9. The van der Waals surface area contributed by atoms with Crippen LogP contribution in [0.4, 0.5) is 0 Å². The van der Waals surface area contributed by atoms with Crippen LogP contribution in [0.5, 0.6) is 0 Å². The van der Waals surface area contributed by atoms with Crippen molar-refractivity contribution in [3.05, 3.63) is 113 Å². The molecule has 1 saturated heterocycles. The number of amides is 1. The molecule has 0 aromatic heterocycles. The molecule has 0 bridgehead atoms. The van der Waals surface area contributed by atoms with Crippen LogP contribution in [0.15, 0.2) is 107 Å². The summed E-state index contributed by atoms with van der Waals surface area (Å²) in [6.45, 7) is 0.694. The maximum absolute atomic E-state index is 13.2. The van der Waals surface area contributed by atoms with Crippen molar-refractivity contribution in [3.63, 3.8) is 0 Å². The average Bonchev–Trinajstić information content (AvgIpc) is 3.17. The number of hydrogen-bond donors (Lipinski definition) is 0. The first-order valence-electron chi connectivity index (χ1n) is 10.1. The van der Waals surface area contributed by atoms with Gasteiger partial charge in [0.05, 0.1) is 17.8 Å². The Morgan fingerprint density at radius 1 is 1.00 bits per heavy atom. The first-order valence-corrected chi connectivity index (χ1v) is 10.1. The van der Waals surface area contributed by atoms with Crippen LogP contribution in [0, 0.1) is 0 Å². The highest BCUT2D eigenvalue weighted by atomic mass is 16.2. The Balaban J connectivity index is 1.51. The molecule has 3 aliphatic rings. The fourth-order valence-corrected chi connectivity index (χ4v) is 4.35. The lowest BCUT2D eigenvalue weighted by molar-refractivity contribution is -0.127. The maximum Gasteiger partial charge on any atom is 0.247 e. The first kappa shape index (κ1) is 17.6. The zero-order chi connectivity index (χ0) is 19.6. The van der Waals surface area contributed by atoms with Crippen molar-refractivity contribution >= 4 is 17.7 Å². The maximum atomic E-state index is 13.2. The van der Waals surface area contributed by atoms with E-state index in [2.05, 4.69) is 36.4 Å². The van der Waals surface area contributed by atoms with E-state index >= 15 is 0 Å². The SMILES string of the molecule is O=C(C=Cc1ccccc1)N1CCC2=C3C=CC=CC3N=C2C1c1ccccc1. The van der Waals surface area contributed by atoms with Crippen molar-refractivity contribution in [3.8, 4) is 0 Å². The fourth-order valence-electron chi connectivity index (χ4n) is 4.35. The smallest absolute Gasteiger partial charge is 0.247 e. The van der Waals surface area contributed by atoms with E-state index in [1.165, 1.54) is 11.1 Å². The zero-order valence-electron chi connectivity index (χ0n) is 16.1. The van der Waals surface area contributed by atoms with Crippen LogP contribution in [-0.2, 0) is 4.79 Å². The van der Waals surface area contributed by atoms with Gasteiger partial charge in [-0.15, -0.1) is 0 Å². The van der Waals surface area contributed by atoms with Gasteiger partial charge in [0, 0.05) is 12.6 Å². The van der Waals surface area contributed by atoms with Crippen molar-refractivity contribution in [1.82, 2.24) is 4.90 Å². The molecular formula is C26H22N2O. The number of nitrogens with zero attached hydrogens (tertiary/aromatic N) is 2. The molecule has 0 saturated carbocycles. The fraction of sp³-hybridized carbons (Fsp3) is 0.154. The Morgan fingerprint density at radius 2 is 1.76 bits per heavy atom. The number of carbonyl (C=O) groups excluding carboxylic acids is 1. The number of benzene rings is 2. The predicted octanol–water partition coefficient (Wildman–Crippen LogP) is 4.92. The molecule has 0 radical (unpaired) electrons. The van der Waals surface area contributed by atoms with Crippen LogP contribution in [0.25, 0.3) is 6.08 Å². The molecule has 2 unspecified atom stereocenters. The van der Waals surface area contributed by atoms with Gasteiger partial charge in [0.1, 0.15) is 0 Å². The standard InChI is InChI=1S/C26H22N2O/c29-24(16-15-19-9-3-1-4-10-19)28-18-17-22-21-13-7-8-14-23(21)27-25(22)26(28)20-11-5-2-6-12-20/h1-16,23,26H,17-18H2. The Hall–Kier alpha value is -3.46. The number of allylic oxidation sites excluding steroid dienone is 2. The third-order valence-corrected chi connectivity index (χ3v) is 5.72. The molecule has 5 rings (SSSR count). The molecule has 3 heteroatoms. The van der Waals surface area contributed by atoms with Crippen LogP contribution in [0.2, 0.25) is 0 Å². The molecule has 142 valence electrons. The molecule has 1 amide bonds.